The van der Waals surface area contributed by atoms with Crippen LogP contribution in [0.25, 0.3) is 0 Å². The van der Waals surface area contributed by atoms with Gasteiger partial charge in [0, 0.05) is 0 Å². The molecular weight excluding hydrogens is 286 g/mol. The number of H-pyrrole nitrogens is 1. The highest BCUT2D eigenvalue weighted by Gasteiger charge is 2.37. The summed E-state index contributed by atoms with van der Waals surface area (Å²) in [4.78, 5) is 24.9. The van der Waals surface area contributed by atoms with Gasteiger partial charge in [-0.2, -0.15) is 5.10 Å². The average Bonchev–Trinajstić information content (AvgIpc) is 3.01. The fourth-order valence-corrected chi connectivity index (χ4v) is 2.52. The van der Waals surface area contributed by atoms with Crippen LogP contribution in [0.5, 0.6) is 0 Å². The number of carboxylic acids is 1. The van der Waals surface area contributed by atoms with E-state index in [9.17, 15) is 14.7 Å². The SMILES string of the molecule is O=C(O)C1CCc2[nH]ncc2N1C(=O)OCc1ccccc1. The van der Waals surface area contributed by atoms with Crippen LogP contribution in [0.15, 0.2) is 36.5 Å². The predicted octanol–water partition coefficient (Wildman–Crippen LogP) is 1.95. The molecule has 1 unspecified atom stereocenters. The molecule has 2 N–H and O–H groups in total. The van der Waals surface area contributed by atoms with Crippen molar-refractivity contribution in [3.63, 3.8) is 0 Å². The average molecular weight is 301 g/mol. The van der Waals surface area contributed by atoms with Crippen LogP contribution < -0.4 is 4.90 Å². The number of anilines is 1. The van der Waals surface area contributed by atoms with Gasteiger partial charge in [0.25, 0.3) is 0 Å². The molecule has 1 aromatic heterocycles. The Kier molecular flexibility index (Phi) is 3.78. The van der Waals surface area contributed by atoms with E-state index in [0.29, 0.717) is 18.5 Å². The molecule has 1 atom stereocenters. The maximum Gasteiger partial charge on any atom is 0.415 e. The van der Waals surface area contributed by atoms with E-state index in [1.54, 1.807) is 0 Å². The molecule has 7 heteroatoms. The normalized spacial score (nSPS) is 16.9. The van der Waals surface area contributed by atoms with Gasteiger partial charge in [-0.25, -0.2) is 9.59 Å². The number of aliphatic carboxylic acids is 1. The van der Waals surface area contributed by atoms with Gasteiger partial charge < -0.3 is 9.84 Å². The molecule has 22 heavy (non-hydrogen) atoms. The van der Waals surface area contributed by atoms with Crippen LogP contribution in [0.4, 0.5) is 10.5 Å². The maximum atomic E-state index is 12.3. The number of rotatable bonds is 3. The molecule has 0 saturated heterocycles. The van der Waals surface area contributed by atoms with E-state index in [4.69, 9.17) is 4.74 Å². The van der Waals surface area contributed by atoms with Crippen LogP contribution in [0.1, 0.15) is 17.7 Å². The van der Waals surface area contributed by atoms with Gasteiger partial charge in [0.1, 0.15) is 12.6 Å². The van der Waals surface area contributed by atoms with E-state index in [1.165, 1.54) is 6.20 Å². The van der Waals surface area contributed by atoms with Crippen LogP contribution in [0.3, 0.4) is 0 Å². The monoisotopic (exact) mass is 301 g/mol. The van der Waals surface area contributed by atoms with Crippen molar-refractivity contribution < 1.29 is 19.4 Å². The Morgan fingerprint density at radius 2 is 2.14 bits per heavy atom. The lowest BCUT2D eigenvalue weighted by molar-refractivity contribution is -0.138. The molecule has 3 rings (SSSR count). The Hall–Kier alpha value is -2.83. The topological polar surface area (TPSA) is 95.5 Å². The van der Waals surface area contributed by atoms with Crippen LogP contribution in [0.2, 0.25) is 0 Å². The second-order valence-electron chi connectivity index (χ2n) is 5.04. The van der Waals surface area contributed by atoms with Gasteiger partial charge in [-0.3, -0.25) is 10.00 Å². The van der Waals surface area contributed by atoms with Crippen LogP contribution in [-0.2, 0) is 22.6 Å². The van der Waals surface area contributed by atoms with E-state index in [1.807, 2.05) is 30.3 Å². The highest BCUT2D eigenvalue weighted by molar-refractivity contribution is 5.96. The van der Waals surface area contributed by atoms with Gasteiger partial charge in [-0.15, -0.1) is 0 Å². The summed E-state index contributed by atoms with van der Waals surface area (Å²) in [7, 11) is 0. The minimum absolute atomic E-state index is 0.0930. The first kappa shape index (κ1) is 14.1. The van der Waals surface area contributed by atoms with Gasteiger partial charge in [0.2, 0.25) is 0 Å². The lowest BCUT2D eigenvalue weighted by Crippen LogP contribution is -2.48. The molecule has 0 spiro atoms. The summed E-state index contributed by atoms with van der Waals surface area (Å²) in [5, 5.41) is 16.0. The quantitative estimate of drug-likeness (QED) is 0.903. The number of aryl methyl sites for hydroxylation is 1. The number of aromatic amines is 1. The summed E-state index contributed by atoms with van der Waals surface area (Å²) < 4.78 is 5.26. The number of nitrogens with zero attached hydrogens (tertiary/aromatic N) is 2. The van der Waals surface area contributed by atoms with Crippen molar-refractivity contribution in [1.29, 1.82) is 0 Å². The summed E-state index contributed by atoms with van der Waals surface area (Å²) in [6.45, 7) is 0.0930. The van der Waals surface area contributed by atoms with Gasteiger partial charge in [-0.05, 0) is 18.4 Å². The van der Waals surface area contributed by atoms with Crippen molar-refractivity contribution in [1.82, 2.24) is 10.2 Å². The summed E-state index contributed by atoms with van der Waals surface area (Å²) in [6, 6.07) is 8.29. The molecule has 1 aliphatic rings. The number of fused-ring (bicyclic) bond motifs is 1. The van der Waals surface area contributed by atoms with E-state index in [0.717, 1.165) is 16.2 Å². The molecule has 1 aliphatic heterocycles. The Morgan fingerprint density at radius 1 is 1.36 bits per heavy atom. The van der Waals surface area contributed by atoms with Gasteiger partial charge >= 0.3 is 12.1 Å². The molecule has 0 saturated carbocycles. The highest BCUT2D eigenvalue weighted by Crippen LogP contribution is 2.30. The summed E-state index contributed by atoms with van der Waals surface area (Å²) in [5.41, 5.74) is 2.05. The van der Waals surface area contributed by atoms with Crippen molar-refractivity contribution in [2.45, 2.75) is 25.5 Å². The lowest BCUT2D eigenvalue weighted by atomic mass is 10.0. The van der Waals surface area contributed by atoms with E-state index in [-0.39, 0.29) is 6.61 Å². The third-order valence-electron chi connectivity index (χ3n) is 3.62. The Labute approximate surface area is 126 Å². The first-order chi connectivity index (χ1) is 10.7. The molecule has 0 bridgehead atoms. The Balaban J connectivity index is 1.78. The molecule has 114 valence electrons. The number of hydrogen-bond acceptors (Lipinski definition) is 4. The highest BCUT2D eigenvalue weighted by atomic mass is 16.6. The minimum Gasteiger partial charge on any atom is -0.480 e. The first-order valence-corrected chi connectivity index (χ1v) is 6.92. The van der Waals surface area contributed by atoms with E-state index in [2.05, 4.69) is 10.2 Å². The number of carbonyl (C=O) groups excluding carboxylic acids is 1. The number of hydrogen-bond donors (Lipinski definition) is 2. The Bertz CT molecular complexity index is 683. The number of nitrogens with one attached hydrogen (secondary N) is 1. The van der Waals surface area contributed by atoms with Crippen LogP contribution in [0, 0.1) is 0 Å². The molecular formula is C15H15N3O4. The molecule has 0 radical (unpaired) electrons. The zero-order valence-corrected chi connectivity index (χ0v) is 11.7. The van der Waals surface area contributed by atoms with Crippen molar-refractivity contribution in [3.05, 3.63) is 47.8 Å². The maximum absolute atomic E-state index is 12.3. The van der Waals surface area contributed by atoms with E-state index < -0.39 is 18.1 Å². The summed E-state index contributed by atoms with van der Waals surface area (Å²) in [5.74, 6) is -1.05. The van der Waals surface area contributed by atoms with Gasteiger partial charge in [0.05, 0.1) is 17.6 Å². The lowest BCUT2D eigenvalue weighted by Gasteiger charge is -2.31. The number of amides is 1. The van der Waals surface area contributed by atoms with Gasteiger partial charge in [-0.1, -0.05) is 30.3 Å². The standard InChI is InChI=1S/C15H15N3O4/c19-14(20)12-7-6-11-13(8-16-17-11)18(12)15(21)22-9-10-4-2-1-3-5-10/h1-5,8,12H,6-7,9H2,(H,16,17)(H,19,20). The molecule has 0 aliphatic carbocycles. The molecule has 1 aromatic carbocycles. The second kappa shape index (κ2) is 5.88. The molecule has 2 aromatic rings. The van der Waals surface area contributed by atoms with Crippen molar-refractivity contribution >= 4 is 17.7 Å². The number of carboxylic acid groups (broad SMARTS) is 1. The minimum atomic E-state index is -1.05. The fourth-order valence-electron chi connectivity index (χ4n) is 2.52. The van der Waals surface area contributed by atoms with Crippen LogP contribution in [-0.4, -0.2) is 33.4 Å². The zero-order valence-electron chi connectivity index (χ0n) is 11.7. The van der Waals surface area contributed by atoms with E-state index >= 15 is 0 Å². The van der Waals surface area contributed by atoms with Crippen molar-refractivity contribution in [2.75, 3.05) is 4.90 Å². The summed E-state index contributed by atoms with van der Waals surface area (Å²) in [6.07, 6.45) is 1.63. The molecule has 1 amide bonds. The third-order valence-corrected chi connectivity index (χ3v) is 3.62. The predicted molar refractivity (Wildman–Crippen MR) is 77.4 cm³/mol. The molecule has 0 fully saturated rings. The number of aromatic nitrogens is 2. The Morgan fingerprint density at radius 3 is 2.86 bits per heavy atom. The molecule has 2 heterocycles. The number of carbonyl (C=O) groups is 2. The summed E-state index contributed by atoms with van der Waals surface area (Å²) >= 11 is 0. The first-order valence-electron chi connectivity index (χ1n) is 6.92. The fraction of sp³-hybridized carbons (Fsp3) is 0.267. The van der Waals surface area contributed by atoms with Gasteiger partial charge in [0.15, 0.2) is 0 Å². The van der Waals surface area contributed by atoms with Crippen molar-refractivity contribution in [2.24, 2.45) is 0 Å². The third kappa shape index (κ3) is 2.65. The van der Waals surface area contributed by atoms with Crippen LogP contribution >= 0.6 is 0 Å². The number of benzene rings is 1. The smallest absolute Gasteiger partial charge is 0.415 e. The molecule has 7 nitrogen and oxygen atoms in total. The number of ether oxygens (including phenoxy) is 1. The van der Waals surface area contributed by atoms with Crippen molar-refractivity contribution in [3.8, 4) is 0 Å². The largest absolute Gasteiger partial charge is 0.480 e. The second-order valence-corrected chi connectivity index (χ2v) is 5.04. The zero-order chi connectivity index (χ0) is 15.5.